The second-order valence-corrected chi connectivity index (χ2v) is 8.54. The first-order chi connectivity index (χ1) is 15.1. The lowest BCUT2D eigenvalue weighted by molar-refractivity contribution is -0.603. The van der Waals surface area contributed by atoms with Crippen LogP contribution >= 0.6 is 0 Å². The molecule has 5 rings (SSSR count). The second-order valence-electron chi connectivity index (χ2n) is 8.54. The Hall–Kier alpha value is -2.86. The van der Waals surface area contributed by atoms with Gasteiger partial charge in [-0.05, 0) is 38.3 Å². The number of aryl methyl sites for hydroxylation is 1. The van der Waals surface area contributed by atoms with Crippen molar-refractivity contribution in [2.24, 2.45) is 7.05 Å². The molecule has 0 fully saturated rings. The largest absolute Gasteiger partial charge is 1.00 e. The van der Waals surface area contributed by atoms with Gasteiger partial charge in [-0.25, -0.2) is 9.25 Å². The van der Waals surface area contributed by atoms with Gasteiger partial charge in [0.05, 0.1) is 18.4 Å². The highest BCUT2D eigenvalue weighted by atomic mass is 79.9. The third kappa shape index (κ3) is 3.66. The highest BCUT2D eigenvalue weighted by molar-refractivity contribution is 5.59. The molecule has 0 saturated heterocycles. The number of imidazole rings is 1. The molecular weight excluding hydrogens is 464 g/mol. The first kappa shape index (κ1) is 22.3. The van der Waals surface area contributed by atoms with E-state index in [2.05, 4.69) is 65.2 Å². The lowest BCUT2D eigenvalue weighted by Gasteiger charge is -2.11. The van der Waals surface area contributed by atoms with Gasteiger partial charge >= 0.3 is 5.56 Å². The second kappa shape index (κ2) is 8.94. The molecule has 2 aromatic carbocycles. The van der Waals surface area contributed by atoms with E-state index in [4.69, 9.17) is 0 Å². The van der Waals surface area contributed by atoms with Crippen LogP contribution in [0.5, 0.6) is 0 Å². The van der Waals surface area contributed by atoms with Crippen LogP contribution in [0.3, 0.4) is 0 Å². The zero-order valence-corrected chi connectivity index (χ0v) is 20.5. The molecule has 6 heteroatoms. The molecule has 0 unspecified atom stereocenters. The van der Waals surface area contributed by atoms with Gasteiger partial charge in [0, 0.05) is 19.0 Å². The highest BCUT2D eigenvalue weighted by Crippen LogP contribution is 2.23. The predicted molar refractivity (Wildman–Crippen MR) is 123 cm³/mol. The zero-order valence-electron chi connectivity index (χ0n) is 18.9. The SMILES string of the molecule is Cc1ccc(-c2c[n+](-c3c4n(n(-c5ccccc5)c3=O)CCCCC4)c(C)n2C)cc1.[Br-]. The maximum absolute atomic E-state index is 13.8. The average molecular weight is 493 g/mol. The molecule has 32 heavy (non-hydrogen) atoms. The topological polar surface area (TPSA) is 35.7 Å². The monoisotopic (exact) mass is 492 g/mol. The highest BCUT2D eigenvalue weighted by Gasteiger charge is 2.30. The summed E-state index contributed by atoms with van der Waals surface area (Å²) in [5.74, 6) is 1.05. The van der Waals surface area contributed by atoms with Crippen molar-refractivity contribution in [1.29, 1.82) is 0 Å². The number of hydrogen-bond acceptors (Lipinski definition) is 1. The first-order valence-corrected chi connectivity index (χ1v) is 11.1. The van der Waals surface area contributed by atoms with E-state index < -0.39 is 0 Å². The Bertz CT molecular complexity index is 1300. The third-order valence-corrected chi connectivity index (χ3v) is 6.54. The Labute approximate surface area is 199 Å². The molecule has 0 spiro atoms. The van der Waals surface area contributed by atoms with Crippen LogP contribution in [0.4, 0.5) is 0 Å². The standard InChI is InChI=1S/C26H29N4O.BrH/c1-19-13-15-21(16-14-19)24-18-28(20(2)27(24)3)25-23-12-8-5-9-17-29(23)30(26(25)31)22-10-6-4-7-11-22;/h4,6-7,10-11,13-16,18H,5,8-9,12,17H2,1-3H3;1H/q+1;/p-1. The fourth-order valence-corrected chi connectivity index (χ4v) is 4.71. The lowest BCUT2D eigenvalue weighted by atomic mass is 10.1. The number of fused-ring (bicyclic) bond motifs is 1. The molecule has 1 aliphatic heterocycles. The Morgan fingerprint density at radius 3 is 2.34 bits per heavy atom. The minimum absolute atomic E-state index is 0. The van der Waals surface area contributed by atoms with Gasteiger partial charge < -0.3 is 17.0 Å². The molecule has 1 aliphatic rings. The van der Waals surface area contributed by atoms with Gasteiger partial charge in [-0.2, -0.15) is 4.57 Å². The maximum atomic E-state index is 13.8. The van der Waals surface area contributed by atoms with E-state index in [1.807, 2.05) is 35.0 Å². The molecule has 2 aromatic heterocycles. The van der Waals surface area contributed by atoms with E-state index in [0.29, 0.717) is 0 Å². The number of nitrogens with zero attached hydrogens (tertiary/aromatic N) is 4. The van der Waals surface area contributed by atoms with Crippen LogP contribution < -0.4 is 27.1 Å². The zero-order chi connectivity index (χ0) is 21.5. The number of benzene rings is 2. The van der Waals surface area contributed by atoms with Crippen LogP contribution in [0.15, 0.2) is 65.6 Å². The van der Waals surface area contributed by atoms with Crippen molar-refractivity contribution in [3.63, 3.8) is 0 Å². The minimum atomic E-state index is 0. The van der Waals surface area contributed by atoms with Crippen molar-refractivity contribution >= 4 is 0 Å². The Balaban J connectivity index is 0.00000245. The molecule has 0 saturated carbocycles. The van der Waals surface area contributed by atoms with Gasteiger partial charge in [-0.3, -0.25) is 9.48 Å². The van der Waals surface area contributed by atoms with Gasteiger partial charge in [-0.15, -0.1) is 0 Å². The summed E-state index contributed by atoms with van der Waals surface area (Å²) in [5, 5.41) is 0. The van der Waals surface area contributed by atoms with Crippen molar-refractivity contribution in [2.75, 3.05) is 0 Å². The molecule has 0 amide bonds. The fourth-order valence-electron chi connectivity index (χ4n) is 4.71. The molecule has 0 N–H and O–H groups in total. The minimum Gasteiger partial charge on any atom is -1.00 e. The summed E-state index contributed by atoms with van der Waals surface area (Å²) >= 11 is 0. The number of hydrogen-bond donors (Lipinski definition) is 0. The Morgan fingerprint density at radius 2 is 1.62 bits per heavy atom. The summed E-state index contributed by atoms with van der Waals surface area (Å²) in [7, 11) is 2.07. The Kier molecular flexibility index (Phi) is 6.24. The first-order valence-electron chi connectivity index (χ1n) is 11.1. The lowest BCUT2D eigenvalue weighted by Crippen LogP contribution is -3.00. The molecule has 0 aliphatic carbocycles. The van der Waals surface area contributed by atoms with E-state index in [-0.39, 0.29) is 22.5 Å². The van der Waals surface area contributed by atoms with Crippen LogP contribution in [0, 0.1) is 13.8 Å². The van der Waals surface area contributed by atoms with Gasteiger partial charge in [0.15, 0.2) is 5.69 Å². The Morgan fingerprint density at radius 1 is 0.906 bits per heavy atom. The number of aromatic nitrogens is 4. The third-order valence-electron chi connectivity index (χ3n) is 6.54. The average Bonchev–Trinajstić information content (AvgIpc) is 3.09. The van der Waals surface area contributed by atoms with Gasteiger partial charge in [0.2, 0.25) is 5.69 Å². The molecule has 0 atom stereocenters. The number of rotatable bonds is 3. The van der Waals surface area contributed by atoms with Crippen molar-refractivity contribution in [3.05, 3.63) is 88.2 Å². The number of halogens is 1. The molecule has 166 valence electrons. The molecule has 4 aromatic rings. The van der Waals surface area contributed by atoms with Crippen LogP contribution in [0.25, 0.3) is 22.6 Å². The predicted octanol–water partition coefficient (Wildman–Crippen LogP) is 1.27. The summed E-state index contributed by atoms with van der Waals surface area (Å²) in [6.07, 6.45) is 6.45. The summed E-state index contributed by atoms with van der Waals surface area (Å²) in [6, 6.07) is 18.6. The van der Waals surface area contributed by atoms with E-state index in [0.717, 1.165) is 60.0 Å². The summed E-state index contributed by atoms with van der Waals surface area (Å²) in [6.45, 7) is 5.06. The molecule has 5 nitrogen and oxygen atoms in total. The van der Waals surface area contributed by atoms with E-state index >= 15 is 0 Å². The van der Waals surface area contributed by atoms with Gasteiger partial charge in [0.1, 0.15) is 6.20 Å². The van der Waals surface area contributed by atoms with Crippen molar-refractivity contribution in [3.8, 4) is 22.6 Å². The molecule has 0 bridgehead atoms. The van der Waals surface area contributed by atoms with Crippen LogP contribution in [0.2, 0.25) is 0 Å². The van der Waals surface area contributed by atoms with E-state index in [1.165, 1.54) is 12.0 Å². The maximum Gasteiger partial charge on any atom is 0.319 e. The van der Waals surface area contributed by atoms with Crippen molar-refractivity contribution in [2.45, 2.75) is 46.1 Å². The van der Waals surface area contributed by atoms with Crippen LogP contribution in [-0.2, 0) is 20.0 Å². The van der Waals surface area contributed by atoms with Crippen LogP contribution in [-0.4, -0.2) is 13.9 Å². The normalized spacial score (nSPS) is 13.3. The summed E-state index contributed by atoms with van der Waals surface area (Å²) in [4.78, 5) is 13.8. The van der Waals surface area contributed by atoms with E-state index in [9.17, 15) is 4.79 Å². The smallest absolute Gasteiger partial charge is 0.319 e. The fraction of sp³-hybridized carbons (Fsp3) is 0.308. The van der Waals surface area contributed by atoms with E-state index in [1.54, 1.807) is 0 Å². The molecule has 0 radical (unpaired) electrons. The quantitative estimate of drug-likeness (QED) is 0.396. The summed E-state index contributed by atoms with van der Waals surface area (Å²) in [5.41, 5.74) is 6.41. The van der Waals surface area contributed by atoms with Crippen molar-refractivity contribution in [1.82, 2.24) is 13.9 Å². The summed E-state index contributed by atoms with van der Waals surface area (Å²) < 4.78 is 8.37. The molecular formula is C26H29BrN4O. The van der Waals surface area contributed by atoms with Gasteiger partial charge in [-0.1, -0.05) is 54.4 Å². The van der Waals surface area contributed by atoms with Gasteiger partial charge in [0.25, 0.3) is 5.82 Å². The van der Waals surface area contributed by atoms with Crippen LogP contribution in [0.1, 0.15) is 36.3 Å². The number of para-hydroxylation sites is 1. The van der Waals surface area contributed by atoms with Crippen molar-refractivity contribution < 1.29 is 21.5 Å². The molecule has 3 heterocycles.